The maximum atomic E-state index is 10.5. The molecule has 4 nitrogen and oxygen atoms in total. The van der Waals surface area contributed by atoms with E-state index >= 15 is 0 Å². The summed E-state index contributed by atoms with van der Waals surface area (Å²) in [5.41, 5.74) is 0.866. The van der Waals surface area contributed by atoms with Crippen LogP contribution in [0.1, 0.15) is 5.56 Å². The lowest BCUT2D eigenvalue weighted by Gasteiger charge is -2.01. The zero-order valence-electron chi connectivity index (χ0n) is 6.23. The van der Waals surface area contributed by atoms with Crippen LogP contribution >= 0.6 is 0 Å². The van der Waals surface area contributed by atoms with E-state index in [1.54, 1.807) is 12.3 Å². The average Bonchev–Trinajstić information content (AvgIpc) is 2.46. The van der Waals surface area contributed by atoms with Crippen LogP contribution in [0, 0.1) is 0 Å². The number of rotatable bonds is 1. The molecule has 0 aromatic carbocycles. The van der Waals surface area contributed by atoms with Crippen LogP contribution in [-0.4, -0.2) is 22.2 Å². The summed E-state index contributed by atoms with van der Waals surface area (Å²) in [6.45, 7) is 0. The summed E-state index contributed by atoms with van der Waals surface area (Å²) in [5.74, 6) is -0.488. The fourth-order valence-corrected chi connectivity index (χ4v) is 1.20. The molecule has 0 fully saturated rings. The molecule has 1 aliphatic rings. The quantitative estimate of drug-likeness (QED) is 0.657. The van der Waals surface area contributed by atoms with E-state index in [4.69, 9.17) is 9.84 Å². The number of aliphatic carboxylic acids is 1. The highest BCUT2D eigenvalue weighted by atomic mass is 16.5. The Balaban J connectivity index is 2.27. The summed E-state index contributed by atoms with van der Waals surface area (Å²) in [7, 11) is 0. The summed E-state index contributed by atoms with van der Waals surface area (Å²) in [6.07, 6.45) is 1.25. The van der Waals surface area contributed by atoms with Crippen LogP contribution in [0.25, 0.3) is 0 Å². The first kappa shape index (κ1) is 7.09. The van der Waals surface area contributed by atoms with Crippen molar-refractivity contribution in [1.82, 2.24) is 4.98 Å². The molecule has 0 radical (unpaired) electrons. The molecule has 1 aromatic heterocycles. The largest absolute Gasteiger partial charge is 0.478 e. The number of ether oxygens (including phenoxy) is 1. The van der Waals surface area contributed by atoms with Gasteiger partial charge in [0.25, 0.3) is 0 Å². The summed E-state index contributed by atoms with van der Waals surface area (Å²) in [6, 6.07) is 3.59. The van der Waals surface area contributed by atoms with Crippen molar-refractivity contribution in [2.75, 3.05) is 0 Å². The van der Waals surface area contributed by atoms with Crippen LogP contribution in [0.15, 0.2) is 18.3 Å². The molecule has 2 rings (SSSR count). The van der Waals surface area contributed by atoms with Crippen molar-refractivity contribution in [3.05, 3.63) is 23.9 Å². The third kappa shape index (κ3) is 1.01. The molecule has 1 N–H and O–H groups in total. The van der Waals surface area contributed by atoms with E-state index in [1.165, 1.54) is 0 Å². The second kappa shape index (κ2) is 2.48. The number of carboxylic acids is 1. The van der Waals surface area contributed by atoms with Gasteiger partial charge in [-0.15, -0.1) is 0 Å². The number of hydrogen-bond donors (Lipinski definition) is 1. The second-order valence-electron chi connectivity index (χ2n) is 2.62. The number of carboxylic acid groups (broad SMARTS) is 1. The number of hydrogen-bond acceptors (Lipinski definition) is 3. The van der Waals surface area contributed by atoms with E-state index in [2.05, 4.69) is 4.98 Å². The maximum Gasteiger partial charge on any atom is 0.345 e. The second-order valence-corrected chi connectivity index (χ2v) is 2.62. The van der Waals surface area contributed by atoms with Crippen molar-refractivity contribution in [3.8, 4) is 5.88 Å². The Hall–Kier alpha value is -1.58. The van der Waals surface area contributed by atoms with Crippen molar-refractivity contribution in [1.29, 1.82) is 0 Å². The van der Waals surface area contributed by atoms with Gasteiger partial charge in [0.1, 0.15) is 0 Å². The highest BCUT2D eigenvalue weighted by Gasteiger charge is 2.29. The number of carbonyl (C=O) groups is 1. The average molecular weight is 165 g/mol. The zero-order valence-corrected chi connectivity index (χ0v) is 6.23. The minimum absolute atomic E-state index is 0.415. The van der Waals surface area contributed by atoms with Gasteiger partial charge in [-0.3, -0.25) is 0 Å². The number of pyridine rings is 1. The van der Waals surface area contributed by atoms with Crippen molar-refractivity contribution in [3.63, 3.8) is 0 Å². The fourth-order valence-electron chi connectivity index (χ4n) is 1.20. The fraction of sp³-hybridized carbons (Fsp3) is 0.250. The van der Waals surface area contributed by atoms with Crippen LogP contribution in [0.4, 0.5) is 0 Å². The summed E-state index contributed by atoms with van der Waals surface area (Å²) < 4.78 is 5.06. The molecule has 1 unspecified atom stereocenters. The number of aromatic nitrogens is 1. The molecular formula is C8H7NO3. The summed E-state index contributed by atoms with van der Waals surface area (Å²) in [5, 5.41) is 8.63. The predicted molar refractivity (Wildman–Crippen MR) is 40.0 cm³/mol. The topological polar surface area (TPSA) is 59.4 Å². The minimum atomic E-state index is -0.937. The Labute approximate surface area is 68.8 Å². The number of fused-ring (bicyclic) bond motifs is 1. The Bertz CT molecular complexity index is 299. The maximum absolute atomic E-state index is 10.5. The molecule has 62 valence electrons. The molecule has 1 aromatic rings. The molecule has 1 atom stereocenters. The predicted octanol–water partition coefficient (Wildman–Crippen LogP) is 0.470. The lowest BCUT2D eigenvalue weighted by Crippen LogP contribution is -2.24. The molecule has 0 saturated heterocycles. The monoisotopic (exact) mass is 165 g/mol. The van der Waals surface area contributed by atoms with Crippen molar-refractivity contribution >= 4 is 5.97 Å². The standard InChI is InChI=1S/C8H7NO3/c10-8(11)6-4-5-2-1-3-9-7(5)12-6/h1-3,6H,4H2,(H,10,11). The van der Waals surface area contributed by atoms with Crippen molar-refractivity contribution < 1.29 is 14.6 Å². The van der Waals surface area contributed by atoms with Crippen LogP contribution in [-0.2, 0) is 11.2 Å². The van der Waals surface area contributed by atoms with Gasteiger partial charge in [0.15, 0.2) is 0 Å². The Morgan fingerprint density at radius 3 is 3.25 bits per heavy atom. The van der Waals surface area contributed by atoms with Gasteiger partial charge < -0.3 is 9.84 Å². The van der Waals surface area contributed by atoms with E-state index in [1.807, 2.05) is 6.07 Å². The lowest BCUT2D eigenvalue weighted by molar-refractivity contribution is -0.144. The van der Waals surface area contributed by atoms with Gasteiger partial charge in [-0.1, -0.05) is 6.07 Å². The van der Waals surface area contributed by atoms with E-state index < -0.39 is 12.1 Å². The Morgan fingerprint density at radius 1 is 1.75 bits per heavy atom. The first-order valence-corrected chi connectivity index (χ1v) is 3.61. The first-order valence-electron chi connectivity index (χ1n) is 3.61. The molecule has 2 heterocycles. The van der Waals surface area contributed by atoms with E-state index in [9.17, 15) is 4.79 Å². The third-order valence-electron chi connectivity index (χ3n) is 1.78. The zero-order chi connectivity index (χ0) is 8.55. The van der Waals surface area contributed by atoms with Crippen LogP contribution < -0.4 is 4.74 Å². The third-order valence-corrected chi connectivity index (χ3v) is 1.78. The van der Waals surface area contributed by atoms with Gasteiger partial charge >= 0.3 is 5.97 Å². The summed E-state index contributed by atoms with van der Waals surface area (Å²) >= 11 is 0. The van der Waals surface area contributed by atoms with Gasteiger partial charge in [-0.2, -0.15) is 0 Å². The molecule has 0 spiro atoms. The smallest absolute Gasteiger partial charge is 0.345 e. The molecular weight excluding hydrogens is 158 g/mol. The SMILES string of the molecule is O=C(O)C1Cc2cccnc2O1. The molecule has 0 aliphatic carbocycles. The van der Waals surface area contributed by atoms with Gasteiger partial charge in [0, 0.05) is 18.2 Å². The summed E-state index contributed by atoms with van der Waals surface area (Å²) in [4.78, 5) is 14.4. The molecule has 0 saturated carbocycles. The molecule has 0 amide bonds. The molecule has 0 bridgehead atoms. The Morgan fingerprint density at radius 2 is 2.58 bits per heavy atom. The van der Waals surface area contributed by atoms with Crippen molar-refractivity contribution in [2.24, 2.45) is 0 Å². The molecule has 4 heteroatoms. The van der Waals surface area contributed by atoms with Gasteiger partial charge in [0.05, 0.1) is 0 Å². The van der Waals surface area contributed by atoms with Crippen LogP contribution in [0.2, 0.25) is 0 Å². The van der Waals surface area contributed by atoms with E-state index in [-0.39, 0.29) is 0 Å². The van der Waals surface area contributed by atoms with Gasteiger partial charge in [-0.05, 0) is 6.07 Å². The normalized spacial score (nSPS) is 19.8. The van der Waals surface area contributed by atoms with Gasteiger partial charge in [-0.25, -0.2) is 9.78 Å². The van der Waals surface area contributed by atoms with E-state index in [0.717, 1.165) is 5.56 Å². The molecule has 12 heavy (non-hydrogen) atoms. The van der Waals surface area contributed by atoms with Crippen LogP contribution in [0.3, 0.4) is 0 Å². The van der Waals surface area contributed by atoms with Crippen molar-refractivity contribution in [2.45, 2.75) is 12.5 Å². The Kier molecular flexibility index (Phi) is 1.46. The highest BCUT2D eigenvalue weighted by Crippen LogP contribution is 2.25. The van der Waals surface area contributed by atoms with Crippen LogP contribution in [0.5, 0.6) is 5.88 Å². The molecule has 1 aliphatic heterocycles. The van der Waals surface area contributed by atoms with Gasteiger partial charge in [0.2, 0.25) is 12.0 Å². The number of nitrogens with zero attached hydrogens (tertiary/aromatic N) is 1. The highest BCUT2D eigenvalue weighted by molar-refractivity contribution is 5.74. The first-order chi connectivity index (χ1) is 5.77. The van der Waals surface area contributed by atoms with E-state index in [0.29, 0.717) is 12.3 Å². The lowest BCUT2D eigenvalue weighted by atomic mass is 10.1. The minimum Gasteiger partial charge on any atom is -0.478 e.